The van der Waals surface area contributed by atoms with Crippen molar-refractivity contribution in [3.63, 3.8) is 0 Å². The van der Waals surface area contributed by atoms with E-state index in [1.54, 1.807) is 0 Å². The molecule has 28 heavy (non-hydrogen) atoms. The number of carbonyl (C=O) groups is 1. The number of benzene rings is 1. The average Bonchev–Trinajstić information content (AvgIpc) is 3.34. The molecule has 0 N–H and O–H groups in total. The maximum Gasteiger partial charge on any atom is 0.222 e. The molecule has 2 aliphatic heterocycles. The Balaban J connectivity index is 1.32. The number of aryl methyl sites for hydroxylation is 2. The lowest BCUT2D eigenvalue weighted by atomic mass is 9.79. The lowest BCUT2D eigenvalue weighted by molar-refractivity contribution is -0.134. The lowest BCUT2D eigenvalue weighted by Crippen LogP contribution is -2.47. The normalized spacial score (nSPS) is 22.8. The van der Waals surface area contributed by atoms with Gasteiger partial charge in [0.2, 0.25) is 5.91 Å². The van der Waals surface area contributed by atoms with Crippen LogP contribution >= 0.6 is 0 Å². The fraction of sp³-hybridized carbons (Fsp3) is 0.565. The van der Waals surface area contributed by atoms with Crippen molar-refractivity contribution in [2.45, 2.75) is 52.1 Å². The minimum absolute atomic E-state index is 0.282. The van der Waals surface area contributed by atoms with Gasteiger partial charge in [-0.3, -0.25) is 9.69 Å². The molecule has 2 fully saturated rings. The van der Waals surface area contributed by atoms with E-state index in [2.05, 4.69) is 44.6 Å². The largest absolute Gasteiger partial charge is 0.342 e. The Morgan fingerprint density at radius 3 is 2.82 bits per heavy atom. The van der Waals surface area contributed by atoms with E-state index < -0.39 is 0 Å². The van der Waals surface area contributed by atoms with Gasteiger partial charge >= 0.3 is 0 Å². The van der Waals surface area contributed by atoms with E-state index in [1.165, 1.54) is 18.4 Å². The van der Waals surface area contributed by atoms with Crippen molar-refractivity contribution in [1.82, 2.24) is 19.4 Å². The number of amides is 1. The molecule has 2 aromatic rings. The third-order valence-electron chi connectivity index (χ3n) is 6.51. The maximum atomic E-state index is 12.8. The predicted octanol–water partition coefficient (Wildman–Crippen LogP) is 3.35. The monoisotopic (exact) mass is 380 g/mol. The number of aromatic nitrogens is 2. The first-order chi connectivity index (χ1) is 13.7. The molecule has 3 heterocycles. The molecule has 0 radical (unpaired) electrons. The van der Waals surface area contributed by atoms with Crippen LogP contribution in [0.5, 0.6) is 0 Å². The van der Waals surface area contributed by atoms with E-state index in [0.717, 1.165) is 57.9 Å². The topological polar surface area (TPSA) is 41.4 Å². The molecule has 0 aliphatic carbocycles. The number of imidazole rings is 1. The van der Waals surface area contributed by atoms with Crippen LogP contribution in [0.1, 0.15) is 44.0 Å². The Morgan fingerprint density at radius 2 is 2.00 bits per heavy atom. The second-order valence-corrected chi connectivity index (χ2v) is 8.49. The Kier molecular flexibility index (Phi) is 5.81. The van der Waals surface area contributed by atoms with Crippen molar-refractivity contribution in [3.05, 3.63) is 54.1 Å². The fourth-order valence-corrected chi connectivity index (χ4v) is 4.95. The molecule has 2 saturated heterocycles. The van der Waals surface area contributed by atoms with Crippen LogP contribution in [0, 0.1) is 5.41 Å². The number of likely N-dealkylation sites (tertiary alicyclic amines) is 2. The molecular weight excluding hydrogens is 348 g/mol. The zero-order valence-electron chi connectivity index (χ0n) is 17.0. The first-order valence-corrected chi connectivity index (χ1v) is 10.7. The third-order valence-corrected chi connectivity index (χ3v) is 6.51. The van der Waals surface area contributed by atoms with E-state index in [4.69, 9.17) is 0 Å². The van der Waals surface area contributed by atoms with Crippen LogP contribution in [0.15, 0.2) is 42.7 Å². The zero-order chi connectivity index (χ0) is 19.4. The summed E-state index contributed by atoms with van der Waals surface area (Å²) in [5.74, 6) is 1.48. The summed E-state index contributed by atoms with van der Waals surface area (Å²) in [7, 11) is 0. The highest BCUT2D eigenvalue weighted by atomic mass is 16.2. The molecule has 0 saturated carbocycles. The van der Waals surface area contributed by atoms with Gasteiger partial charge in [-0.25, -0.2) is 4.98 Å². The van der Waals surface area contributed by atoms with E-state index in [9.17, 15) is 4.79 Å². The van der Waals surface area contributed by atoms with Crippen molar-refractivity contribution in [2.24, 2.45) is 5.41 Å². The van der Waals surface area contributed by atoms with Crippen LogP contribution in [0.2, 0.25) is 0 Å². The third kappa shape index (κ3) is 4.30. The smallest absolute Gasteiger partial charge is 0.222 e. The minimum atomic E-state index is 0.282. The van der Waals surface area contributed by atoms with Crippen LogP contribution in [-0.2, 0) is 24.3 Å². The minimum Gasteiger partial charge on any atom is -0.342 e. The first-order valence-electron chi connectivity index (χ1n) is 10.7. The molecule has 1 unspecified atom stereocenters. The zero-order valence-corrected chi connectivity index (χ0v) is 17.0. The molecule has 1 aromatic heterocycles. The standard InChI is InChI=1S/C23H32N4O/c1-2-26-16-13-24-21(26)17-25-15-12-23(18-25)11-6-14-27(19-23)22(28)10-9-20-7-4-3-5-8-20/h3-5,7-8,13,16H,2,6,9-12,14-15,17-19H2,1H3. The summed E-state index contributed by atoms with van der Waals surface area (Å²) in [6.07, 6.45) is 9.01. The lowest BCUT2D eigenvalue weighted by Gasteiger charge is -2.40. The summed E-state index contributed by atoms with van der Waals surface area (Å²) < 4.78 is 2.23. The average molecular weight is 381 g/mol. The number of carbonyl (C=O) groups excluding carboxylic acids is 1. The van der Waals surface area contributed by atoms with Crippen LogP contribution < -0.4 is 0 Å². The summed E-state index contributed by atoms with van der Waals surface area (Å²) in [6.45, 7) is 8.11. The molecule has 150 valence electrons. The summed E-state index contributed by atoms with van der Waals surface area (Å²) in [6, 6.07) is 10.3. The number of piperidine rings is 1. The molecule has 5 nitrogen and oxygen atoms in total. The quantitative estimate of drug-likeness (QED) is 0.772. The number of nitrogens with zero attached hydrogens (tertiary/aromatic N) is 4. The number of hydrogen-bond donors (Lipinski definition) is 0. The molecule has 2 aliphatic rings. The molecule has 4 rings (SSSR count). The number of hydrogen-bond acceptors (Lipinski definition) is 3. The first kappa shape index (κ1) is 19.2. The van der Waals surface area contributed by atoms with E-state index >= 15 is 0 Å². The van der Waals surface area contributed by atoms with Gasteiger partial charge in [0.15, 0.2) is 0 Å². The van der Waals surface area contributed by atoms with Gasteiger partial charge in [-0.2, -0.15) is 0 Å². The van der Waals surface area contributed by atoms with Crippen molar-refractivity contribution >= 4 is 5.91 Å². The van der Waals surface area contributed by atoms with Crippen LogP contribution in [0.25, 0.3) is 0 Å². The van der Waals surface area contributed by atoms with Gasteiger partial charge in [-0.05, 0) is 44.7 Å². The summed E-state index contributed by atoms with van der Waals surface area (Å²) >= 11 is 0. The second-order valence-electron chi connectivity index (χ2n) is 8.49. The van der Waals surface area contributed by atoms with Crippen LogP contribution in [0.4, 0.5) is 0 Å². The Morgan fingerprint density at radius 1 is 1.14 bits per heavy atom. The van der Waals surface area contributed by atoms with Gasteiger partial charge in [-0.15, -0.1) is 0 Å². The van der Waals surface area contributed by atoms with Crippen molar-refractivity contribution in [1.29, 1.82) is 0 Å². The van der Waals surface area contributed by atoms with Crippen LogP contribution in [0.3, 0.4) is 0 Å². The molecule has 0 bridgehead atoms. The van der Waals surface area contributed by atoms with Crippen molar-refractivity contribution < 1.29 is 4.79 Å². The Bertz CT molecular complexity index is 787. The fourth-order valence-electron chi connectivity index (χ4n) is 4.95. The Hall–Kier alpha value is -2.14. The molecule has 1 amide bonds. The highest BCUT2D eigenvalue weighted by molar-refractivity contribution is 5.76. The van der Waals surface area contributed by atoms with E-state index in [1.807, 2.05) is 24.4 Å². The molecule has 5 heteroatoms. The second kappa shape index (κ2) is 8.48. The molecule has 1 atom stereocenters. The van der Waals surface area contributed by atoms with Gasteiger partial charge in [0, 0.05) is 50.4 Å². The molecular formula is C23H32N4O. The molecule has 1 spiro atoms. The van der Waals surface area contributed by atoms with Gasteiger partial charge in [-0.1, -0.05) is 30.3 Å². The highest BCUT2D eigenvalue weighted by Crippen LogP contribution is 2.39. The van der Waals surface area contributed by atoms with Gasteiger partial charge < -0.3 is 9.47 Å². The van der Waals surface area contributed by atoms with E-state index in [-0.39, 0.29) is 5.41 Å². The van der Waals surface area contributed by atoms with E-state index in [0.29, 0.717) is 12.3 Å². The predicted molar refractivity (Wildman–Crippen MR) is 111 cm³/mol. The number of rotatable bonds is 6. The van der Waals surface area contributed by atoms with Gasteiger partial charge in [0.05, 0.1) is 6.54 Å². The van der Waals surface area contributed by atoms with Gasteiger partial charge in [0.1, 0.15) is 5.82 Å². The Labute approximate surface area is 168 Å². The SMILES string of the molecule is CCn1ccnc1CN1CCC2(CCCN(C(=O)CCc3ccccc3)C2)C1. The van der Waals surface area contributed by atoms with Gasteiger partial charge in [0.25, 0.3) is 0 Å². The maximum absolute atomic E-state index is 12.8. The summed E-state index contributed by atoms with van der Waals surface area (Å²) in [5.41, 5.74) is 1.53. The van der Waals surface area contributed by atoms with Crippen molar-refractivity contribution in [3.8, 4) is 0 Å². The highest BCUT2D eigenvalue weighted by Gasteiger charge is 2.42. The summed E-state index contributed by atoms with van der Waals surface area (Å²) in [5, 5.41) is 0. The molecule has 1 aromatic carbocycles. The van der Waals surface area contributed by atoms with Crippen LogP contribution in [-0.4, -0.2) is 51.4 Å². The van der Waals surface area contributed by atoms with Crippen molar-refractivity contribution in [2.75, 3.05) is 26.2 Å². The summed E-state index contributed by atoms with van der Waals surface area (Å²) in [4.78, 5) is 22.0.